The fourth-order valence-electron chi connectivity index (χ4n) is 3.01. The number of para-hydroxylation sites is 1. The first-order valence-electron chi connectivity index (χ1n) is 8.55. The Labute approximate surface area is 166 Å². The van der Waals surface area contributed by atoms with Gasteiger partial charge in [-0.25, -0.2) is 8.42 Å². The van der Waals surface area contributed by atoms with Crippen molar-refractivity contribution in [1.82, 2.24) is 10.2 Å². The molecule has 1 saturated heterocycles. The normalized spacial score (nSPS) is 16.4. The van der Waals surface area contributed by atoms with Crippen molar-refractivity contribution in [1.29, 1.82) is 0 Å². The molecule has 0 radical (unpaired) electrons. The maximum absolute atomic E-state index is 12.9. The van der Waals surface area contributed by atoms with E-state index in [1.165, 1.54) is 0 Å². The summed E-state index contributed by atoms with van der Waals surface area (Å²) in [6.07, 6.45) is 0.888. The molecule has 2 N–H and O–H groups in total. The van der Waals surface area contributed by atoms with Crippen molar-refractivity contribution in [2.75, 3.05) is 24.9 Å². The first kappa shape index (κ1) is 21.2. The average Bonchev–Trinajstić information content (AvgIpc) is 3.15. The first-order chi connectivity index (χ1) is 12.4. The number of hydrogen-bond acceptors (Lipinski definition) is 4. The molecule has 146 valence electrons. The zero-order valence-electron chi connectivity index (χ0n) is 15.3. The number of rotatable bonds is 5. The standard InChI is InChI=1S/C19H23N3O3S.ClH/c1-14-7-9-16(10-8-14)26(24,25)21-18-6-4-3-5-17(18)19(23)22(2)15-11-12-20-13-15;/h3-10,15,20-21H,11-13H2,1-2H3;1H. The Hall–Kier alpha value is -2.09. The molecule has 1 aliphatic rings. The van der Waals surface area contributed by atoms with Crippen LogP contribution in [-0.4, -0.2) is 45.4 Å². The molecule has 6 nitrogen and oxygen atoms in total. The molecule has 2 aromatic carbocycles. The van der Waals surface area contributed by atoms with Crippen LogP contribution in [0.3, 0.4) is 0 Å². The number of sulfonamides is 1. The molecular formula is C19H24ClN3O3S. The minimum absolute atomic E-state index is 0. The summed E-state index contributed by atoms with van der Waals surface area (Å²) >= 11 is 0. The number of amides is 1. The second kappa shape index (κ2) is 8.73. The Kier molecular flexibility index (Phi) is 6.86. The lowest BCUT2D eigenvalue weighted by Crippen LogP contribution is -2.38. The van der Waals surface area contributed by atoms with Gasteiger partial charge in [-0.15, -0.1) is 12.4 Å². The number of carbonyl (C=O) groups is 1. The third-order valence-corrected chi connectivity index (χ3v) is 6.02. The highest BCUT2D eigenvalue weighted by atomic mass is 35.5. The SMILES string of the molecule is Cc1ccc(S(=O)(=O)Nc2ccccc2C(=O)N(C)C2CCNC2)cc1.Cl. The van der Waals surface area contributed by atoms with E-state index in [1.54, 1.807) is 60.5 Å². The summed E-state index contributed by atoms with van der Waals surface area (Å²) in [4.78, 5) is 14.7. The van der Waals surface area contributed by atoms with Gasteiger partial charge in [-0.2, -0.15) is 0 Å². The molecule has 0 spiro atoms. The number of carbonyl (C=O) groups excluding carboxylic acids is 1. The molecule has 0 saturated carbocycles. The van der Waals surface area contributed by atoms with Gasteiger partial charge in [-0.3, -0.25) is 9.52 Å². The number of nitrogens with zero attached hydrogens (tertiary/aromatic N) is 1. The number of likely N-dealkylation sites (N-methyl/N-ethyl adjacent to an activating group) is 1. The summed E-state index contributed by atoms with van der Waals surface area (Å²) < 4.78 is 27.9. The van der Waals surface area contributed by atoms with Crippen molar-refractivity contribution in [2.45, 2.75) is 24.3 Å². The molecule has 27 heavy (non-hydrogen) atoms. The highest BCUT2D eigenvalue weighted by Crippen LogP contribution is 2.23. The second-order valence-corrected chi connectivity index (χ2v) is 8.21. The van der Waals surface area contributed by atoms with Gasteiger partial charge in [-0.05, 0) is 44.2 Å². The Bertz CT molecular complexity index is 895. The van der Waals surface area contributed by atoms with Gasteiger partial charge in [0.2, 0.25) is 0 Å². The lowest BCUT2D eigenvalue weighted by molar-refractivity contribution is 0.0745. The molecule has 1 unspecified atom stereocenters. The summed E-state index contributed by atoms with van der Waals surface area (Å²) in [5, 5.41) is 3.23. The predicted molar refractivity (Wildman–Crippen MR) is 109 cm³/mol. The van der Waals surface area contributed by atoms with Crippen LogP contribution in [0.15, 0.2) is 53.4 Å². The van der Waals surface area contributed by atoms with Crippen LogP contribution in [0.2, 0.25) is 0 Å². The van der Waals surface area contributed by atoms with Crippen LogP contribution in [-0.2, 0) is 10.0 Å². The largest absolute Gasteiger partial charge is 0.337 e. The van der Waals surface area contributed by atoms with Crippen molar-refractivity contribution < 1.29 is 13.2 Å². The van der Waals surface area contributed by atoms with Crippen molar-refractivity contribution in [3.05, 3.63) is 59.7 Å². The Morgan fingerprint density at radius 1 is 1.15 bits per heavy atom. The Morgan fingerprint density at radius 2 is 1.81 bits per heavy atom. The van der Waals surface area contributed by atoms with Crippen molar-refractivity contribution in [3.8, 4) is 0 Å². The molecule has 1 amide bonds. The van der Waals surface area contributed by atoms with E-state index in [4.69, 9.17) is 0 Å². The molecule has 3 rings (SSSR count). The summed E-state index contributed by atoms with van der Waals surface area (Å²) in [5.41, 5.74) is 1.61. The van der Waals surface area contributed by atoms with Crippen LogP contribution in [0.25, 0.3) is 0 Å². The van der Waals surface area contributed by atoms with E-state index in [1.807, 2.05) is 6.92 Å². The van der Waals surface area contributed by atoms with Crippen LogP contribution in [0.5, 0.6) is 0 Å². The van der Waals surface area contributed by atoms with Crippen LogP contribution in [0, 0.1) is 6.92 Å². The van der Waals surface area contributed by atoms with Gasteiger partial charge < -0.3 is 10.2 Å². The molecule has 1 aliphatic heterocycles. The van der Waals surface area contributed by atoms with Crippen molar-refractivity contribution in [3.63, 3.8) is 0 Å². The topological polar surface area (TPSA) is 78.5 Å². The fraction of sp³-hybridized carbons (Fsp3) is 0.316. The Balaban J connectivity index is 0.00000261. The van der Waals surface area contributed by atoms with Crippen LogP contribution >= 0.6 is 12.4 Å². The number of benzene rings is 2. The third-order valence-electron chi connectivity index (χ3n) is 4.64. The van der Waals surface area contributed by atoms with Crippen molar-refractivity contribution >= 4 is 34.0 Å². The smallest absolute Gasteiger partial charge is 0.261 e. The first-order valence-corrected chi connectivity index (χ1v) is 10.0. The van der Waals surface area contributed by atoms with E-state index >= 15 is 0 Å². The van der Waals surface area contributed by atoms with Crippen molar-refractivity contribution in [2.24, 2.45) is 0 Å². The number of aryl methyl sites for hydroxylation is 1. The van der Waals surface area contributed by atoms with Gasteiger partial charge in [0.25, 0.3) is 15.9 Å². The average molecular weight is 410 g/mol. The van der Waals surface area contributed by atoms with Crippen LogP contribution in [0.1, 0.15) is 22.3 Å². The zero-order chi connectivity index (χ0) is 18.7. The predicted octanol–water partition coefficient (Wildman–Crippen LogP) is 2.65. The summed E-state index contributed by atoms with van der Waals surface area (Å²) in [5.74, 6) is -0.194. The highest BCUT2D eigenvalue weighted by Gasteiger charge is 2.26. The monoisotopic (exact) mass is 409 g/mol. The lowest BCUT2D eigenvalue weighted by Gasteiger charge is -2.25. The zero-order valence-corrected chi connectivity index (χ0v) is 16.9. The van der Waals surface area contributed by atoms with E-state index in [0.717, 1.165) is 25.1 Å². The fourth-order valence-corrected chi connectivity index (χ4v) is 4.09. The van der Waals surface area contributed by atoms with Gasteiger partial charge in [-0.1, -0.05) is 29.8 Å². The third kappa shape index (κ3) is 4.80. The highest BCUT2D eigenvalue weighted by molar-refractivity contribution is 7.92. The minimum Gasteiger partial charge on any atom is -0.337 e. The maximum Gasteiger partial charge on any atom is 0.261 e. The summed E-state index contributed by atoms with van der Waals surface area (Å²) in [6, 6.07) is 13.4. The Morgan fingerprint density at radius 3 is 2.44 bits per heavy atom. The number of anilines is 1. The van der Waals surface area contributed by atoms with Crippen LogP contribution < -0.4 is 10.0 Å². The molecule has 0 aromatic heterocycles. The van der Waals surface area contributed by atoms with E-state index in [2.05, 4.69) is 10.0 Å². The second-order valence-electron chi connectivity index (χ2n) is 6.53. The lowest BCUT2D eigenvalue weighted by atomic mass is 10.1. The molecule has 1 fully saturated rings. The summed E-state index contributed by atoms with van der Waals surface area (Å²) in [6.45, 7) is 3.52. The quantitative estimate of drug-likeness (QED) is 0.795. The molecular weight excluding hydrogens is 386 g/mol. The number of nitrogens with one attached hydrogen (secondary N) is 2. The van der Waals surface area contributed by atoms with E-state index in [0.29, 0.717) is 5.56 Å². The number of hydrogen-bond donors (Lipinski definition) is 2. The van der Waals surface area contributed by atoms with Gasteiger partial charge in [0.05, 0.1) is 16.1 Å². The van der Waals surface area contributed by atoms with Gasteiger partial charge >= 0.3 is 0 Å². The van der Waals surface area contributed by atoms with Gasteiger partial charge in [0.1, 0.15) is 0 Å². The van der Waals surface area contributed by atoms with E-state index in [-0.39, 0.29) is 34.9 Å². The molecule has 1 heterocycles. The van der Waals surface area contributed by atoms with Gasteiger partial charge in [0.15, 0.2) is 0 Å². The number of halogens is 1. The molecule has 1 atom stereocenters. The molecule has 0 aliphatic carbocycles. The van der Waals surface area contributed by atoms with E-state index < -0.39 is 10.0 Å². The molecule has 2 aromatic rings. The van der Waals surface area contributed by atoms with Crippen LogP contribution in [0.4, 0.5) is 5.69 Å². The van der Waals surface area contributed by atoms with Gasteiger partial charge in [0, 0.05) is 19.6 Å². The summed E-state index contributed by atoms with van der Waals surface area (Å²) in [7, 11) is -2.01. The molecule has 8 heteroatoms. The minimum atomic E-state index is -3.76. The molecule has 0 bridgehead atoms. The maximum atomic E-state index is 12.9. The van der Waals surface area contributed by atoms with E-state index in [9.17, 15) is 13.2 Å².